The number of unbranched alkanes of at least 4 members (excludes halogenated alkanes) is 4. The first-order valence-electron chi connectivity index (χ1n) is 7.25. The monoisotopic (exact) mass is 301 g/mol. The van der Waals surface area contributed by atoms with E-state index in [0.717, 1.165) is 6.42 Å². The predicted octanol–water partition coefficient (Wildman–Crippen LogP) is 2.67. The Morgan fingerprint density at radius 2 is 1.75 bits per heavy atom. The molecular formula is C15H27NO3S. The van der Waals surface area contributed by atoms with Gasteiger partial charge in [0.1, 0.15) is 6.54 Å². The minimum atomic E-state index is -3.92. The Labute approximate surface area is 123 Å². The summed E-state index contributed by atoms with van der Waals surface area (Å²) < 4.78 is 29.6. The molecule has 20 heavy (non-hydrogen) atoms. The van der Waals surface area contributed by atoms with Crippen molar-refractivity contribution in [3.8, 4) is 0 Å². The molecule has 1 aromatic rings. The van der Waals surface area contributed by atoms with Crippen LogP contribution in [0.3, 0.4) is 0 Å². The van der Waals surface area contributed by atoms with E-state index < -0.39 is 10.1 Å². The van der Waals surface area contributed by atoms with Crippen LogP contribution in [0.2, 0.25) is 0 Å². The van der Waals surface area contributed by atoms with Crippen molar-refractivity contribution in [2.24, 2.45) is 0 Å². The van der Waals surface area contributed by atoms with Gasteiger partial charge in [0.2, 0.25) is 0 Å². The van der Waals surface area contributed by atoms with E-state index in [2.05, 4.69) is 42.9 Å². The number of rotatable bonds is 7. The third-order valence-electron chi connectivity index (χ3n) is 2.85. The maximum Gasteiger partial charge on any atom is 0.171 e. The van der Waals surface area contributed by atoms with Crippen molar-refractivity contribution >= 4 is 10.1 Å². The van der Waals surface area contributed by atoms with Gasteiger partial charge < -0.3 is 4.55 Å². The van der Waals surface area contributed by atoms with Gasteiger partial charge in [0.25, 0.3) is 0 Å². The van der Waals surface area contributed by atoms with Crippen LogP contribution in [0.25, 0.3) is 0 Å². The molecule has 0 amide bonds. The van der Waals surface area contributed by atoms with Crippen LogP contribution in [0.15, 0.2) is 24.5 Å². The van der Waals surface area contributed by atoms with E-state index in [1.165, 1.54) is 44.2 Å². The first-order valence-corrected chi connectivity index (χ1v) is 9.07. The van der Waals surface area contributed by atoms with Gasteiger partial charge in [0.15, 0.2) is 12.4 Å². The lowest BCUT2D eigenvalue weighted by atomic mass is 10.1. The van der Waals surface area contributed by atoms with Crippen LogP contribution < -0.4 is 4.57 Å². The Hall–Kier alpha value is -0.940. The summed E-state index contributed by atoms with van der Waals surface area (Å²) in [5.41, 5.74) is 1.44. The van der Waals surface area contributed by atoms with Crippen molar-refractivity contribution in [1.82, 2.24) is 0 Å². The fourth-order valence-corrected chi connectivity index (χ4v) is 1.82. The zero-order chi connectivity index (χ0) is 15.4. The van der Waals surface area contributed by atoms with Crippen molar-refractivity contribution in [3.05, 3.63) is 30.1 Å². The molecule has 0 radical (unpaired) electrons. The van der Waals surface area contributed by atoms with E-state index in [0.29, 0.717) is 6.26 Å². The zero-order valence-electron chi connectivity index (χ0n) is 12.8. The molecule has 0 saturated heterocycles. The molecule has 0 saturated carbocycles. The van der Waals surface area contributed by atoms with Gasteiger partial charge in [-0.15, -0.1) is 0 Å². The molecule has 0 aliphatic rings. The van der Waals surface area contributed by atoms with E-state index in [1.807, 2.05) is 0 Å². The second-order valence-corrected chi connectivity index (χ2v) is 6.33. The van der Waals surface area contributed by atoms with E-state index in [1.54, 1.807) is 0 Å². The van der Waals surface area contributed by atoms with Crippen molar-refractivity contribution in [3.63, 3.8) is 0 Å². The SMILES string of the molecule is CCCCCCC[n+]1cccc(CC)c1.CS(=O)(=O)[O-]. The highest BCUT2D eigenvalue weighted by molar-refractivity contribution is 7.84. The van der Waals surface area contributed by atoms with Gasteiger partial charge in [-0.05, 0) is 18.9 Å². The third kappa shape index (κ3) is 13.5. The lowest BCUT2D eigenvalue weighted by molar-refractivity contribution is -0.697. The second-order valence-electron chi connectivity index (χ2n) is 4.92. The molecule has 116 valence electrons. The van der Waals surface area contributed by atoms with E-state index in [-0.39, 0.29) is 0 Å². The lowest BCUT2D eigenvalue weighted by Gasteiger charge is -1.99. The number of aromatic nitrogens is 1. The highest BCUT2D eigenvalue weighted by Crippen LogP contribution is 2.02. The minimum absolute atomic E-state index is 0.604. The summed E-state index contributed by atoms with van der Waals surface area (Å²) in [4.78, 5) is 0. The largest absolute Gasteiger partial charge is 0.748 e. The van der Waals surface area contributed by atoms with Gasteiger partial charge >= 0.3 is 0 Å². The van der Waals surface area contributed by atoms with Gasteiger partial charge in [0, 0.05) is 24.3 Å². The molecule has 0 bridgehead atoms. The fourth-order valence-electron chi connectivity index (χ4n) is 1.82. The Morgan fingerprint density at radius 3 is 2.30 bits per heavy atom. The number of aryl methyl sites for hydroxylation is 2. The topological polar surface area (TPSA) is 61.1 Å². The molecule has 0 spiro atoms. The molecular weight excluding hydrogens is 274 g/mol. The lowest BCUT2D eigenvalue weighted by Crippen LogP contribution is -2.33. The van der Waals surface area contributed by atoms with Crippen molar-refractivity contribution < 1.29 is 17.5 Å². The minimum Gasteiger partial charge on any atom is -0.748 e. The fraction of sp³-hybridized carbons (Fsp3) is 0.667. The maximum atomic E-state index is 9.08. The Morgan fingerprint density at radius 1 is 1.15 bits per heavy atom. The molecule has 0 aliphatic heterocycles. The van der Waals surface area contributed by atoms with E-state index in [9.17, 15) is 0 Å². The Balaban J connectivity index is 0.000000621. The van der Waals surface area contributed by atoms with E-state index in [4.69, 9.17) is 13.0 Å². The normalized spacial score (nSPS) is 10.8. The number of pyridine rings is 1. The van der Waals surface area contributed by atoms with Gasteiger partial charge in [-0.25, -0.2) is 13.0 Å². The average molecular weight is 301 g/mol. The molecule has 0 fully saturated rings. The van der Waals surface area contributed by atoms with Crippen molar-refractivity contribution in [1.29, 1.82) is 0 Å². The summed E-state index contributed by atoms with van der Waals surface area (Å²) in [5.74, 6) is 0. The van der Waals surface area contributed by atoms with E-state index >= 15 is 0 Å². The summed E-state index contributed by atoms with van der Waals surface area (Å²) in [7, 11) is -3.92. The maximum absolute atomic E-state index is 9.08. The summed E-state index contributed by atoms with van der Waals surface area (Å²) in [6.45, 7) is 5.65. The standard InChI is InChI=1S/C14H24N.CH4O3S/c1-3-5-6-7-8-11-15-12-9-10-14(4-2)13-15;1-5(2,3)4/h9-10,12-13H,3-8,11H2,1-2H3;1H3,(H,2,3,4)/q+1;/p-1. The van der Waals surface area contributed by atoms with Crippen LogP contribution >= 0.6 is 0 Å². The second kappa shape index (κ2) is 10.8. The molecule has 1 heterocycles. The van der Waals surface area contributed by atoms with Crippen LogP contribution in [0, 0.1) is 0 Å². The number of hydrogen-bond donors (Lipinski definition) is 0. The molecule has 0 unspecified atom stereocenters. The molecule has 1 rings (SSSR count). The molecule has 1 aromatic heterocycles. The van der Waals surface area contributed by atoms with Gasteiger partial charge in [-0.1, -0.05) is 33.1 Å². The van der Waals surface area contributed by atoms with Gasteiger partial charge in [-0.2, -0.15) is 0 Å². The van der Waals surface area contributed by atoms with Crippen LogP contribution in [-0.4, -0.2) is 19.2 Å². The number of nitrogens with zero attached hydrogens (tertiary/aromatic N) is 1. The summed E-state index contributed by atoms with van der Waals surface area (Å²) in [5, 5.41) is 0. The molecule has 4 nitrogen and oxygen atoms in total. The number of hydrogen-bond acceptors (Lipinski definition) is 3. The van der Waals surface area contributed by atoms with Crippen LogP contribution in [0.5, 0.6) is 0 Å². The van der Waals surface area contributed by atoms with Crippen LogP contribution in [0.1, 0.15) is 51.5 Å². The van der Waals surface area contributed by atoms with Crippen LogP contribution in [0.4, 0.5) is 0 Å². The Kier molecular flexibility index (Phi) is 10.3. The first kappa shape index (κ1) is 19.1. The summed E-state index contributed by atoms with van der Waals surface area (Å²) in [6, 6.07) is 4.36. The highest BCUT2D eigenvalue weighted by Gasteiger charge is 2.00. The highest BCUT2D eigenvalue weighted by atomic mass is 32.2. The first-order chi connectivity index (χ1) is 9.36. The molecule has 5 heteroatoms. The Bertz CT molecular complexity index is 450. The van der Waals surface area contributed by atoms with Crippen molar-refractivity contribution in [2.45, 2.75) is 58.9 Å². The van der Waals surface area contributed by atoms with Gasteiger partial charge in [0.05, 0.1) is 10.1 Å². The van der Waals surface area contributed by atoms with Crippen LogP contribution in [-0.2, 0) is 23.1 Å². The smallest absolute Gasteiger partial charge is 0.171 e. The quantitative estimate of drug-likeness (QED) is 0.442. The predicted molar refractivity (Wildman–Crippen MR) is 80.4 cm³/mol. The molecule has 0 N–H and O–H groups in total. The molecule has 0 atom stereocenters. The third-order valence-corrected chi connectivity index (χ3v) is 2.85. The molecule has 0 aliphatic carbocycles. The average Bonchev–Trinajstić information content (AvgIpc) is 2.37. The summed E-state index contributed by atoms with van der Waals surface area (Å²) >= 11 is 0. The zero-order valence-corrected chi connectivity index (χ0v) is 13.7. The van der Waals surface area contributed by atoms with Gasteiger partial charge in [-0.3, -0.25) is 0 Å². The molecule has 0 aromatic carbocycles. The summed E-state index contributed by atoms with van der Waals surface area (Å²) in [6.07, 6.45) is 13.0. The van der Waals surface area contributed by atoms with Crippen molar-refractivity contribution in [2.75, 3.05) is 6.26 Å².